The molecule has 35 heavy (non-hydrogen) atoms. The van der Waals surface area contributed by atoms with E-state index in [0.29, 0.717) is 36.1 Å². The highest BCUT2D eigenvalue weighted by Crippen LogP contribution is 2.35. The summed E-state index contributed by atoms with van der Waals surface area (Å²) >= 11 is 0. The molecule has 0 unspecified atom stereocenters. The molecule has 182 valence electrons. The Morgan fingerprint density at radius 3 is 2.74 bits per heavy atom. The van der Waals surface area contributed by atoms with Gasteiger partial charge in [-0.3, -0.25) is 10.1 Å². The summed E-state index contributed by atoms with van der Waals surface area (Å²) in [5, 5.41) is 16.1. The number of nitrogens with zero attached hydrogens (tertiary/aromatic N) is 2. The zero-order valence-electron chi connectivity index (χ0n) is 19.3. The summed E-state index contributed by atoms with van der Waals surface area (Å²) in [6, 6.07) is 13.9. The number of furan rings is 1. The lowest BCUT2D eigenvalue weighted by atomic mass is 10.0. The Balaban J connectivity index is 1.09. The van der Waals surface area contributed by atoms with Gasteiger partial charge in [-0.2, -0.15) is 0 Å². The average Bonchev–Trinajstić information content (AvgIpc) is 3.34. The quantitative estimate of drug-likeness (QED) is 0.163. The highest BCUT2D eigenvalue weighted by atomic mass is 16.6. The normalized spacial score (nSPS) is 15.1. The summed E-state index contributed by atoms with van der Waals surface area (Å²) in [4.78, 5) is 24.6. The van der Waals surface area contributed by atoms with Crippen molar-refractivity contribution in [1.29, 1.82) is 0 Å². The Hall–Kier alpha value is -3.69. The highest BCUT2D eigenvalue weighted by Gasteiger charge is 2.19. The summed E-state index contributed by atoms with van der Waals surface area (Å²) in [7, 11) is 0. The number of ether oxygens (including phenoxy) is 1. The molecule has 0 amide bonds. The van der Waals surface area contributed by atoms with Gasteiger partial charge in [0.05, 0.1) is 28.6 Å². The van der Waals surface area contributed by atoms with Crippen molar-refractivity contribution in [3.8, 4) is 5.75 Å². The minimum absolute atomic E-state index is 0.128. The second-order valence-corrected chi connectivity index (χ2v) is 8.83. The first kappa shape index (κ1) is 23.1. The number of nitro benzene ring substituents is 1. The first-order valence-corrected chi connectivity index (χ1v) is 11.8. The topological polar surface area (TPSA) is 111 Å². The number of piperidine rings is 1. The monoisotopic (exact) mass is 477 g/mol. The fourth-order valence-corrected chi connectivity index (χ4v) is 4.63. The third-order valence-corrected chi connectivity index (χ3v) is 6.48. The minimum atomic E-state index is -0.405. The van der Waals surface area contributed by atoms with Gasteiger partial charge in [-0.1, -0.05) is 12.1 Å². The van der Waals surface area contributed by atoms with Crippen LogP contribution in [0.1, 0.15) is 24.8 Å². The Bertz CT molecular complexity index is 1390. The van der Waals surface area contributed by atoms with Crippen molar-refractivity contribution >= 4 is 27.6 Å². The summed E-state index contributed by atoms with van der Waals surface area (Å²) in [5.74, 6) is 0.680. The Morgan fingerprint density at radius 2 is 1.91 bits per heavy atom. The first-order valence-electron chi connectivity index (χ1n) is 11.8. The van der Waals surface area contributed by atoms with Gasteiger partial charge in [0.2, 0.25) is 0 Å². The number of benzene rings is 2. The Labute approximate surface area is 201 Å². The molecular formula is C26H27N3O6. The number of nitrogens with one attached hydrogen (secondary N) is 1. The standard InChI is InChI=1S/C26H27N3O6/c30-25-6-5-21-24(35-25)16-23-22(9-14-33-23)26(21)34-13-2-10-28-11-7-19(8-12-28)27-17-18-3-1-4-20(15-18)29(31)32/h1,3-6,9,14-16,19,27H,2,7-8,10-13,17H2. The van der Waals surface area contributed by atoms with Gasteiger partial charge in [-0.15, -0.1) is 0 Å². The van der Waals surface area contributed by atoms with E-state index in [0.717, 1.165) is 55.2 Å². The second kappa shape index (κ2) is 10.3. The molecule has 1 N–H and O–H groups in total. The zero-order valence-corrected chi connectivity index (χ0v) is 19.3. The van der Waals surface area contributed by atoms with Gasteiger partial charge in [0, 0.05) is 43.4 Å². The SMILES string of the molecule is O=c1ccc2c(OCCCN3CCC(NCc4cccc([N+](=O)[O-])c4)CC3)c3ccoc3cc2o1. The lowest BCUT2D eigenvalue weighted by Crippen LogP contribution is -2.42. The van der Waals surface area contributed by atoms with Crippen molar-refractivity contribution < 1.29 is 18.5 Å². The summed E-state index contributed by atoms with van der Waals surface area (Å²) < 4.78 is 17.0. The van der Waals surface area contributed by atoms with Gasteiger partial charge >= 0.3 is 5.63 Å². The molecule has 5 rings (SSSR count). The number of hydrogen-bond acceptors (Lipinski definition) is 8. The number of rotatable bonds is 9. The number of hydrogen-bond donors (Lipinski definition) is 1. The van der Waals surface area contributed by atoms with Crippen LogP contribution < -0.4 is 15.7 Å². The lowest BCUT2D eigenvalue weighted by Gasteiger charge is -2.32. The first-order chi connectivity index (χ1) is 17.1. The molecule has 0 atom stereocenters. The van der Waals surface area contributed by atoms with Crippen LogP contribution in [-0.4, -0.2) is 42.1 Å². The van der Waals surface area contributed by atoms with Crippen molar-refractivity contribution in [1.82, 2.24) is 10.2 Å². The van der Waals surface area contributed by atoms with E-state index in [2.05, 4.69) is 10.2 Å². The summed E-state index contributed by atoms with van der Waals surface area (Å²) in [5.41, 5.74) is 1.73. The number of non-ortho nitro benzene ring substituents is 1. The van der Waals surface area contributed by atoms with Crippen LogP contribution in [0, 0.1) is 10.1 Å². The molecule has 0 aliphatic carbocycles. The van der Waals surface area contributed by atoms with E-state index < -0.39 is 5.63 Å². The molecule has 1 saturated heterocycles. The maximum atomic E-state index is 11.6. The third-order valence-electron chi connectivity index (χ3n) is 6.48. The number of nitro groups is 1. The van der Waals surface area contributed by atoms with E-state index >= 15 is 0 Å². The van der Waals surface area contributed by atoms with Crippen LogP contribution in [-0.2, 0) is 6.54 Å². The van der Waals surface area contributed by atoms with Gasteiger partial charge in [-0.25, -0.2) is 4.79 Å². The van der Waals surface area contributed by atoms with E-state index in [1.807, 2.05) is 12.1 Å². The maximum absolute atomic E-state index is 11.6. The number of likely N-dealkylation sites (tertiary alicyclic amines) is 1. The smallest absolute Gasteiger partial charge is 0.336 e. The zero-order chi connectivity index (χ0) is 24.2. The predicted octanol–water partition coefficient (Wildman–Crippen LogP) is 4.47. The van der Waals surface area contributed by atoms with Crippen LogP contribution in [0.3, 0.4) is 0 Å². The van der Waals surface area contributed by atoms with Crippen LogP contribution in [0.2, 0.25) is 0 Å². The van der Waals surface area contributed by atoms with E-state index in [4.69, 9.17) is 13.6 Å². The van der Waals surface area contributed by atoms with Crippen molar-refractivity contribution in [2.45, 2.75) is 31.8 Å². The molecule has 0 saturated carbocycles. The van der Waals surface area contributed by atoms with Crippen molar-refractivity contribution in [2.24, 2.45) is 0 Å². The van der Waals surface area contributed by atoms with Crippen molar-refractivity contribution in [3.63, 3.8) is 0 Å². The maximum Gasteiger partial charge on any atom is 0.336 e. The Morgan fingerprint density at radius 1 is 1.09 bits per heavy atom. The fraction of sp³-hybridized carbons (Fsp3) is 0.346. The predicted molar refractivity (Wildman–Crippen MR) is 132 cm³/mol. The third kappa shape index (κ3) is 5.36. The average molecular weight is 478 g/mol. The van der Waals surface area contributed by atoms with Crippen LogP contribution in [0.4, 0.5) is 5.69 Å². The number of fused-ring (bicyclic) bond motifs is 2. The fourth-order valence-electron chi connectivity index (χ4n) is 4.63. The molecular weight excluding hydrogens is 450 g/mol. The van der Waals surface area contributed by atoms with Crippen molar-refractivity contribution in [3.05, 3.63) is 80.9 Å². The van der Waals surface area contributed by atoms with Gasteiger partial charge < -0.3 is 23.8 Å². The largest absolute Gasteiger partial charge is 0.492 e. The van der Waals surface area contributed by atoms with Gasteiger partial charge in [0.25, 0.3) is 5.69 Å². The molecule has 3 heterocycles. The lowest BCUT2D eigenvalue weighted by molar-refractivity contribution is -0.384. The molecule has 1 fully saturated rings. The molecule has 0 spiro atoms. The highest BCUT2D eigenvalue weighted by molar-refractivity contribution is 6.01. The molecule has 9 nitrogen and oxygen atoms in total. The minimum Gasteiger partial charge on any atom is -0.492 e. The molecule has 0 bridgehead atoms. The molecule has 0 radical (unpaired) electrons. The van der Waals surface area contributed by atoms with Crippen LogP contribution in [0.15, 0.2) is 68.4 Å². The molecule has 2 aromatic carbocycles. The van der Waals surface area contributed by atoms with Gasteiger partial charge in [-0.05, 0) is 50.0 Å². The molecule has 9 heteroatoms. The molecule has 1 aliphatic rings. The van der Waals surface area contributed by atoms with Gasteiger partial charge in [0.15, 0.2) is 0 Å². The van der Waals surface area contributed by atoms with Crippen LogP contribution in [0.25, 0.3) is 21.9 Å². The van der Waals surface area contributed by atoms with E-state index in [1.54, 1.807) is 30.5 Å². The molecule has 4 aromatic rings. The second-order valence-electron chi connectivity index (χ2n) is 8.83. The van der Waals surface area contributed by atoms with Crippen LogP contribution in [0.5, 0.6) is 5.75 Å². The van der Waals surface area contributed by atoms with E-state index in [-0.39, 0.29) is 10.6 Å². The molecule has 1 aliphatic heterocycles. The van der Waals surface area contributed by atoms with Crippen molar-refractivity contribution in [2.75, 3.05) is 26.2 Å². The summed E-state index contributed by atoms with van der Waals surface area (Å²) in [6.45, 7) is 4.11. The van der Waals surface area contributed by atoms with Crippen LogP contribution >= 0.6 is 0 Å². The Kier molecular flexibility index (Phi) is 6.78. The van der Waals surface area contributed by atoms with Gasteiger partial charge in [0.1, 0.15) is 16.9 Å². The van der Waals surface area contributed by atoms with E-state index in [9.17, 15) is 14.9 Å². The van der Waals surface area contributed by atoms with E-state index in [1.165, 1.54) is 12.1 Å². The molecule has 2 aromatic heterocycles. The summed E-state index contributed by atoms with van der Waals surface area (Å²) in [6.07, 6.45) is 4.55.